The van der Waals surface area contributed by atoms with Gasteiger partial charge in [0.25, 0.3) is 5.91 Å². The number of halogens is 1. The Morgan fingerprint density at radius 2 is 2.14 bits per heavy atom. The van der Waals surface area contributed by atoms with Crippen molar-refractivity contribution >= 4 is 34.8 Å². The van der Waals surface area contributed by atoms with Crippen LogP contribution in [0.2, 0.25) is 5.02 Å². The fourth-order valence-electron chi connectivity index (χ4n) is 1.73. The van der Waals surface area contributed by atoms with Crippen LogP contribution < -0.4 is 0 Å². The molecule has 5 nitrogen and oxygen atoms in total. The molecule has 0 atom stereocenters. The van der Waals surface area contributed by atoms with Gasteiger partial charge in [-0.1, -0.05) is 11.6 Å². The molecule has 1 N–H and O–H groups in total. The number of hydrogen-bond acceptors (Lipinski definition) is 5. The van der Waals surface area contributed by atoms with E-state index >= 15 is 0 Å². The number of ether oxygens (including phenoxy) is 1. The van der Waals surface area contributed by atoms with E-state index < -0.39 is 12.6 Å². The van der Waals surface area contributed by atoms with Crippen LogP contribution in [-0.4, -0.2) is 35.5 Å². The molecule has 0 fully saturated rings. The molecule has 116 valence electrons. The van der Waals surface area contributed by atoms with Crippen LogP contribution in [0.1, 0.15) is 15.9 Å². The number of amides is 1. The number of phenolic OH excluding ortho intramolecular Hbond substituents is 1. The zero-order valence-corrected chi connectivity index (χ0v) is 13.4. The molecule has 1 heterocycles. The van der Waals surface area contributed by atoms with Crippen molar-refractivity contribution < 1.29 is 19.4 Å². The van der Waals surface area contributed by atoms with Gasteiger partial charge in [-0.05, 0) is 40.6 Å². The predicted octanol–water partition coefficient (Wildman–Crippen LogP) is 2.92. The van der Waals surface area contributed by atoms with E-state index in [-0.39, 0.29) is 17.2 Å². The van der Waals surface area contributed by atoms with Crippen LogP contribution in [0.15, 0.2) is 35.0 Å². The molecule has 22 heavy (non-hydrogen) atoms. The number of aromatic hydroxyl groups is 1. The Morgan fingerprint density at radius 3 is 2.82 bits per heavy atom. The van der Waals surface area contributed by atoms with Crippen LogP contribution >= 0.6 is 22.9 Å². The monoisotopic (exact) mass is 339 g/mol. The van der Waals surface area contributed by atoms with E-state index in [2.05, 4.69) is 0 Å². The summed E-state index contributed by atoms with van der Waals surface area (Å²) in [4.78, 5) is 25.2. The third-order valence-electron chi connectivity index (χ3n) is 2.93. The normalized spacial score (nSPS) is 10.3. The minimum absolute atomic E-state index is 0.0687. The number of esters is 1. The molecule has 0 aliphatic rings. The number of likely N-dealkylation sites (N-methyl/N-ethyl adjacent to an activating group) is 1. The molecule has 0 spiro atoms. The van der Waals surface area contributed by atoms with Gasteiger partial charge in [0.05, 0.1) is 0 Å². The predicted molar refractivity (Wildman–Crippen MR) is 84.2 cm³/mol. The second kappa shape index (κ2) is 7.29. The van der Waals surface area contributed by atoms with Gasteiger partial charge in [-0.3, -0.25) is 4.79 Å². The first kappa shape index (κ1) is 16.3. The molecule has 1 amide bonds. The molecule has 0 unspecified atom stereocenters. The van der Waals surface area contributed by atoms with Crippen LogP contribution in [0.25, 0.3) is 0 Å². The van der Waals surface area contributed by atoms with E-state index in [4.69, 9.17) is 16.3 Å². The second-order valence-electron chi connectivity index (χ2n) is 4.62. The van der Waals surface area contributed by atoms with Crippen LogP contribution in [0.5, 0.6) is 5.75 Å². The summed E-state index contributed by atoms with van der Waals surface area (Å²) >= 11 is 7.31. The summed E-state index contributed by atoms with van der Waals surface area (Å²) in [6.07, 6.45) is 0. The molecule has 1 aromatic heterocycles. The minimum atomic E-state index is -0.794. The third-order valence-corrected chi connectivity index (χ3v) is 3.90. The Bertz CT molecular complexity index is 672. The first-order valence-corrected chi connectivity index (χ1v) is 7.70. The van der Waals surface area contributed by atoms with Crippen LogP contribution in [-0.2, 0) is 16.1 Å². The molecular weight excluding hydrogens is 326 g/mol. The van der Waals surface area contributed by atoms with E-state index in [9.17, 15) is 14.7 Å². The Hall–Kier alpha value is -2.05. The average Bonchev–Trinajstić information content (AvgIpc) is 2.99. The minimum Gasteiger partial charge on any atom is -0.507 e. The lowest BCUT2D eigenvalue weighted by molar-refractivity contribution is -0.133. The van der Waals surface area contributed by atoms with Gasteiger partial charge in [0.1, 0.15) is 11.3 Å². The molecule has 2 rings (SSSR count). The van der Waals surface area contributed by atoms with Crippen molar-refractivity contribution in [2.24, 2.45) is 0 Å². The van der Waals surface area contributed by atoms with Gasteiger partial charge >= 0.3 is 5.97 Å². The maximum atomic E-state index is 11.9. The van der Waals surface area contributed by atoms with E-state index in [0.29, 0.717) is 11.6 Å². The molecule has 2 aromatic rings. The molecule has 1 aromatic carbocycles. The Labute approximate surface area is 136 Å². The third kappa shape index (κ3) is 4.22. The largest absolute Gasteiger partial charge is 0.507 e. The highest BCUT2D eigenvalue weighted by molar-refractivity contribution is 7.07. The summed E-state index contributed by atoms with van der Waals surface area (Å²) in [5, 5.41) is 13.8. The molecule has 0 saturated carbocycles. The molecule has 0 aliphatic carbocycles. The number of phenols is 1. The van der Waals surface area contributed by atoms with Gasteiger partial charge in [0, 0.05) is 18.6 Å². The molecule has 0 radical (unpaired) electrons. The van der Waals surface area contributed by atoms with Gasteiger partial charge < -0.3 is 14.7 Å². The molecule has 7 heteroatoms. The van der Waals surface area contributed by atoms with Crippen LogP contribution in [0, 0.1) is 0 Å². The lowest BCUT2D eigenvalue weighted by Crippen LogP contribution is -2.30. The number of hydrogen-bond donors (Lipinski definition) is 1. The van der Waals surface area contributed by atoms with Crippen molar-refractivity contribution in [3.63, 3.8) is 0 Å². The number of benzene rings is 1. The summed E-state index contributed by atoms with van der Waals surface area (Å²) in [7, 11) is 1.63. The highest BCUT2D eigenvalue weighted by atomic mass is 35.5. The Balaban J connectivity index is 1.90. The zero-order valence-electron chi connectivity index (χ0n) is 11.8. The fourth-order valence-corrected chi connectivity index (χ4v) is 2.56. The van der Waals surface area contributed by atoms with Gasteiger partial charge in [-0.25, -0.2) is 4.79 Å². The number of thiophene rings is 1. The zero-order chi connectivity index (χ0) is 16.1. The second-order valence-corrected chi connectivity index (χ2v) is 5.84. The van der Waals surface area contributed by atoms with Crippen molar-refractivity contribution in [1.29, 1.82) is 0 Å². The molecule has 0 aliphatic heterocycles. The topological polar surface area (TPSA) is 66.8 Å². The Morgan fingerprint density at radius 1 is 1.36 bits per heavy atom. The van der Waals surface area contributed by atoms with Gasteiger partial charge in [0.2, 0.25) is 0 Å². The SMILES string of the molecule is CN(Cc1ccsc1)C(=O)COC(=O)c1cc(Cl)ccc1O. The van der Waals surface area contributed by atoms with Crippen LogP contribution in [0.3, 0.4) is 0 Å². The molecule has 0 saturated heterocycles. The number of rotatable bonds is 5. The first-order valence-electron chi connectivity index (χ1n) is 6.38. The van der Waals surface area contributed by atoms with E-state index in [1.807, 2.05) is 16.8 Å². The summed E-state index contributed by atoms with van der Waals surface area (Å²) in [6.45, 7) is 0.0493. The molecular formula is C15H14ClNO4S. The van der Waals surface area contributed by atoms with Crippen molar-refractivity contribution in [2.45, 2.75) is 6.54 Å². The maximum absolute atomic E-state index is 11.9. The fraction of sp³-hybridized carbons (Fsp3) is 0.200. The summed E-state index contributed by atoms with van der Waals surface area (Å²) in [6, 6.07) is 5.96. The smallest absolute Gasteiger partial charge is 0.342 e. The average molecular weight is 340 g/mol. The Kier molecular flexibility index (Phi) is 5.41. The van der Waals surface area contributed by atoms with Gasteiger partial charge in [0.15, 0.2) is 6.61 Å². The maximum Gasteiger partial charge on any atom is 0.342 e. The first-order chi connectivity index (χ1) is 10.5. The number of carbonyl (C=O) groups is 2. The lowest BCUT2D eigenvalue weighted by Gasteiger charge is -2.16. The summed E-state index contributed by atoms with van der Waals surface area (Å²) in [5.74, 6) is -1.37. The summed E-state index contributed by atoms with van der Waals surface area (Å²) in [5.41, 5.74) is 0.945. The van der Waals surface area contributed by atoms with Crippen molar-refractivity contribution in [3.05, 3.63) is 51.2 Å². The van der Waals surface area contributed by atoms with E-state index in [1.54, 1.807) is 18.4 Å². The van der Waals surface area contributed by atoms with Crippen molar-refractivity contribution in [1.82, 2.24) is 4.90 Å². The number of carbonyl (C=O) groups excluding carboxylic acids is 2. The highest BCUT2D eigenvalue weighted by Crippen LogP contribution is 2.22. The quantitative estimate of drug-likeness (QED) is 0.850. The highest BCUT2D eigenvalue weighted by Gasteiger charge is 2.17. The van der Waals surface area contributed by atoms with E-state index in [1.165, 1.54) is 23.1 Å². The van der Waals surface area contributed by atoms with Crippen LogP contribution in [0.4, 0.5) is 0 Å². The molecule has 0 bridgehead atoms. The lowest BCUT2D eigenvalue weighted by atomic mass is 10.2. The van der Waals surface area contributed by atoms with Gasteiger partial charge in [-0.2, -0.15) is 11.3 Å². The number of nitrogens with zero attached hydrogens (tertiary/aromatic N) is 1. The summed E-state index contributed by atoms with van der Waals surface area (Å²) < 4.78 is 4.92. The van der Waals surface area contributed by atoms with Crippen molar-refractivity contribution in [2.75, 3.05) is 13.7 Å². The van der Waals surface area contributed by atoms with Crippen molar-refractivity contribution in [3.8, 4) is 5.75 Å². The van der Waals surface area contributed by atoms with E-state index in [0.717, 1.165) is 5.56 Å². The standard InChI is InChI=1S/C15H14ClNO4S/c1-17(7-10-4-5-22-9-10)14(19)8-21-15(20)12-6-11(16)2-3-13(12)18/h2-6,9,18H,7-8H2,1H3. The van der Waals surface area contributed by atoms with Gasteiger partial charge in [-0.15, -0.1) is 0 Å².